The van der Waals surface area contributed by atoms with Crippen LogP contribution in [-0.2, 0) is 9.59 Å². The number of anilines is 1. The van der Waals surface area contributed by atoms with Gasteiger partial charge >= 0.3 is 0 Å². The average Bonchev–Trinajstić information content (AvgIpc) is 2.97. The van der Waals surface area contributed by atoms with Gasteiger partial charge in [-0.15, -0.1) is 0 Å². The fourth-order valence-electron chi connectivity index (χ4n) is 4.00. The molecule has 3 aromatic rings. The third kappa shape index (κ3) is 3.56. The Morgan fingerprint density at radius 1 is 1.03 bits per heavy atom. The van der Waals surface area contributed by atoms with Gasteiger partial charge in [0, 0.05) is 12.5 Å². The van der Waals surface area contributed by atoms with Gasteiger partial charge in [0.05, 0.1) is 12.2 Å². The number of benzene rings is 3. The van der Waals surface area contributed by atoms with Crippen molar-refractivity contribution < 1.29 is 14.3 Å². The fraction of sp³-hybridized carbons (Fsp3) is 0.250. The highest BCUT2D eigenvalue weighted by Gasteiger charge is 2.39. The standard InChI is InChI=1S/C24H24N2O3/c1-15-8-9-16(2)23-21(15)22(25-17(3)27)24(28)26(23)12-13-29-20-11-10-18-6-4-5-7-19(18)14-20/h4-11,14,22H,12-13H2,1-3H3,(H,25,27)/t22-/m1/s1. The molecule has 0 fully saturated rings. The first-order valence-corrected chi connectivity index (χ1v) is 9.76. The van der Waals surface area contributed by atoms with Crippen LogP contribution in [0, 0.1) is 13.8 Å². The molecule has 1 atom stereocenters. The van der Waals surface area contributed by atoms with Crippen molar-refractivity contribution in [1.82, 2.24) is 5.32 Å². The van der Waals surface area contributed by atoms with Crippen molar-refractivity contribution in [3.63, 3.8) is 0 Å². The molecule has 5 heteroatoms. The van der Waals surface area contributed by atoms with Gasteiger partial charge in [-0.1, -0.05) is 42.5 Å². The van der Waals surface area contributed by atoms with Gasteiger partial charge < -0.3 is 15.0 Å². The van der Waals surface area contributed by atoms with Crippen molar-refractivity contribution in [3.8, 4) is 5.75 Å². The van der Waals surface area contributed by atoms with Crippen molar-refractivity contribution >= 4 is 28.3 Å². The molecule has 0 radical (unpaired) electrons. The molecule has 0 spiro atoms. The van der Waals surface area contributed by atoms with E-state index in [-0.39, 0.29) is 11.8 Å². The molecule has 1 aliphatic rings. The Morgan fingerprint density at radius 2 is 1.76 bits per heavy atom. The van der Waals surface area contributed by atoms with Gasteiger partial charge in [0.15, 0.2) is 0 Å². The van der Waals surface area contributed by atoms with Crippen LogP contribution in [0.3, 0.4) is 0 Å². The Labute approximate surface area is 170 Å². The van der Waals surface area contributed by atoms with E-state index in [1.54, 1.807) is 4.90 Å². The second-order valence-electron chi connectivity index (χ2n) is 7.44. The van der Waals surface area contributed by atoms with E-state index < -0.39 is 6.04 Å². The van der Waals surface area contributed by atoms with E-state index in [0.717, 1.165) is 38.9 Å². The Kier molecular flexibility index (Phi) is 4.97. The maximum absolute atomic E-state index is 13.1. The van der Waals surface area contributed by atoms with Gasteiger partial charge in [0.1, 0.15) is 18.4 Å². The molecule has 4 rings (SSSR count). The fourth-order valence-corrected chi connectivity index (χ4v) is 4.00. The summed E-state index contributed by atoms with van der Waals surface area (Å²) in [5.74, 6) is 0.439. The quantitative estimate of drug-likeness (QED) is 0.717. The topological polar surface area (TPSA) is 58.6 Å². The zero-order chi connectivity index (χ0) is 20.5. The molecule has 1 aliphatic heterocycles. The van der Waals surface area contributed by atoms with Crippen molar-refractivity contribution in [2.45, 2.75) is 26.8 Å². The van der Waals surface area contributed by atoms with Crippen molar-refractivity contribution in [2.75, 3.05) is 18.1 Å². The lowest BCUT2D eigenvalue weighted by Gasteiger charge is -2.20. The van der Waals surface area contributed by atoms with Crippen molar-refractivity contribution in [1.29, 1.82) is 0 Å². The van der Waals surface area contributed by atoms with Crippen LogP contribution in [0.4, 0.5) is 5.69 Å². The Balaban J connectivity index is 1.54. The lowest BCUT2D eigenvalue weighted by Crippen LogP contribution is -2.38. The zero-order valence-electron chi connectivity index (χ0n) is 16.9. The van der Waals surface area contributed by atoms with Gasteiger partial charge in [-0.2, -0.15) is 0 Å². The van der Waals surface area contributed by atoms with Gasteiger partial charge in [-0.25, -0.2) is 0 Å². The molecule has 0 unspecified atom stereocenters. The van der Waals surface area contributed by atoms with Gasteiger partial charge in [0.2, 0.25) is 5.91 Å². The summed E-state index contributed by atoms with van der Waals surface area (Å²) in [6, 6.07) is 17.5. The van der Waals surface area contributed by atoms with E-state index in [1.165, 1.54) is 6.92 Å². The Morgan fingerprint density at radius 3 is 2.52 bits per heavy atom. The van der Waals surface area contributed by atoms with Crippen molar-refractivity contribution in [2.24, 2.45) is 0 Å². The number of carbonyl (C=O) groups is 2. The maximum atomic E-state index is 13.1. The van der Waals surface area contributed by atoms with E-state index in [9.17, 15) is 9.59 Å². The number of ether oxygens (including phenoxy) is 1. The molecule has 5 nitrogen and oxygen atoms in total. The van der Waals surface area contributed by atoms with E-state index in [0.29, 0.717) is 13.2 Å². The summed E-state index contributed by atoms with van der Waals surface area (Å²) >= 11 is 0. The molecule has 0 aliphatic carbocycles. The molecule has 1 heterocycles. The highest BCUT2D eigenvalue weighted by Crippen LogP contribution is 2.40. The zero-order valence-corrected chi connectivity index (χ0v) is 16.9. The van der Waals surface area contributed by atoms with Gasteiger partial charge in [0.25, 0.3) is 5.91 Å². The third-order valence-corrected chi connectivity index (χ3v) is 5.36. The Bertz CT molecular complexity index is 1110. The van der Waals surface area contributed by atoms with Crippen molar-refractivity contribution in [3.05, 3.63) is 71.3 Å². The highest BCUT2D eigenvalue weighted by atomic mass is 16.5. The predicted molar refractivity (Wildman–Crippen MR) is 114 cm³/mol. The first-order chi connectivity index (χ1) is 14.0. The van der Waals surface area contributed by atoms with Crippen LogP contribution < -0.4 is 15.0 Å². The third-order valence-electron chi connectivity index (χ3n) is 5.36. The minimum Gasteiger partial charge on any atom is -0.492 e. The SMILES string of the molecule is CC(=O)N[C@H]1C(=O)N(CCOc2ccc3ccccc3c2)c2c(C)ccc(C)c21. The van der Waals surface area contributed by atoms with Gasteiger partial charge in [-0.3, -0.25) is 9.59 Å². The maximum Gasteiger partial charge on any atom is 0.254 e. The summed E-state index contributed by atoms with van der Waals surface area (Å²) in [7, 11) is 0. The smallest absolute Gasteiger partial charge is 0.254 e. The molecule has 3 aromatic carbocycles. The molecule has 0 bridgehead atoms. The first-order valence-electron chi connectivity index (χ1n) is 9.76. The van der Waals surface area contributed by atoms with E-state index in [1.807, 2.05) is 62.4 Å². The number of hydrogen-bond acceptors (Lipinski definition) is 3. The van der Waals surface area contributed by atoms with E-state index >= 15 is 0 Å². The predicted octanol–water partition coefficient (Wildman–Crippen LogP) is 4.06. The Hall–Kier alpha value is -3.34. The monoisotopic (exact) mass is 388 g/mol. The molecule has 148 valence electrons. The normalized spacial score (nSPS) is 15.5. The first kappa shape index (κ1) is 19.0. The van der Waals surface area contributed by atoms with Crippen LogP contribution >= 0.6 is 0 Å². The molecule has 2 amide bonds. The molecule has 29 heavy (non-hydrogen) atoms. The number of hydrogen-bond donors (Lipinski definition) is 1. The molecule has 1 N–H and O–H groups in total. The van der Waals surface area contributed by atoms with E-state index in [4.69, 9.17) is 4.74 Å². The summed E-state index contributed by atoms with van der Waals surface area (Å²) in [5.41, 5.74) is 3.78. The number of rotatable bonds is 5. The molecular formula is C24H24N2O3. The number of aryl methyl sites for hydroxylation is 2. The van der Waals surface area contributed by atoms with Gasteiger partial charge in [-0.05, 0) is 47.9 Å². The summed E-state index contributed by atoms with van der Waals surface area (Å²) in [6.07, 6.45) is 0. The molecular weight excluding hydrogens is 364 g/mol. The minimum atomic E-state index is -0.636. The molecule has 0 saturated carbocycles. The number of fused-ring (bicyclic) bond motifs is 2. The summed E-state index contributed by atoms with van der Waals surface area (Å²) < 4.78 is 5.94. The molecule has 0 saturated heterocycles. The lowest BCUT2D eigenvalue weighted by atomic mass is 9.99. The number of nitrogens with zero attached hydrogens (tertiary/aromatic N) is 1. The number of carbonyl (C=O) groups excluding carboxylic acids is 2. The van der Waals surface area contributed by atoms with E-state index in [2.05, 4.69) is 11.4 Å². The number of nitrogens with one attached hydrogen (secondary N) is 1. The second kappa shape index (κ2) is 7.59. The minimum absolute atomic E-state index is 0.116. The van der Waals surface area contributed by atoms with Crippen LogP contribution in [0.15, 0.2) is 54.6 Å². The highest BCUT2D eigenvalue weighted by molar-refractivity contribution is 6.07. The average molecular weight is 388 g/mol. The lowest BCUT2D eigenvalue weighted by molar-refractivity contribution is -0.126. The van der Waals surface area contributed by atoms with Crippen LogP contribution in [0.5, 0.6) is 5.75 Å². The number of amides is 2. The van der Waals surface area contributed by atoms with Crippen LogP contribution in [0.1, 0.15) is 29.7 Å². The summed E-state index contributed by atoms with van der Waals surface area (Å²) in [4.78, 5) is 26.5. The largest absolute Gasteiger partial charge is 0.492 e. The van der Waals surface area contributed by atoms with Crippen LogP contribution in [0.25, 0.3) is 10.8 Å². The molecule has 0 aromatic heterocycles. The second-order valence-corrected chi connectivity index (χ2v) is 7.44. The summed E-state index contributed by atoms with van der Waals surface area (Å²) in [6.45, 7) is 6.17. The van der Waals surface area contributed by atoms with Crippen LogP contribution in [-0.4, -0.2) is 25.0 Å². The van der Waals surface area contributed by atoms with Crippen LogP contribution in [0.2, 0.25) is 0 Å². The summed E-state index contributed by atoms with van der Waals surface area (Å²) in [5, 5.41) is 5.08.